The molecule has 0 radical (unpaired) electrons. The number of halogens is 1. The van der Waals surface area contributed by atoms with Crippen LogP contribution in [0.25, 0.3) is 11.1 Å². The largest absolute Gasteiger partial charge is 0.506 e. The lowest BCUT2D eigenvalue weighted by molar-refractivity contribution is 0.0758. The molecule has 2 N–H and O–H groups in total. The van der Waals surface area contributed by atoms with Gasteiger partial charge in [0.25, 0.3) is 11.5 Å². The molecule has 4 rings (SSSR count). The van der Waals surface area contributed by atoms with Crippen LogP contribution in [0.4, 0.5) is 4.39 Å². The molecular weight excluding hydrogens is 511 g/mol. The van der Waals surface area contributed by atoms with Crippen molar-refractivity contribution in [3.05, 3.63) is 87.1 Å². The number of hydrogen-bond acceptors (Lipinski definition) is 5. The number of rotatable bonds is 10. The number of unbranched alkanes of at least 4 members (excludes halogenated alkanes) is 1. The lowest BCUT2D eigenvalue weighted by atomic mass is 9.95. The lowest BCUT2D eigenvalue weighted by Crippen LogP contribution is -2.36. The number of nitrogens with zero attached hydrogens (tertiary/aromatic N) is 1. The summed E-state index contributed by atoms with van der Waals surface area (Å²) in [6.07, 6.45) is 6.75. The first-order valence-electron chi connectivity index (χ1n) is 13.8. The van der Waals surface area contributed by atoms with Crippen molar-refractivity contribution in [2.45, 2.75) is 51.9 Å². The second-order valence-corrected chi connectivity index (χ2v) is 9.96. The highest BCUT2D eigenvalue weighted by atomic mass is 19.1. The number of nitrogens with one attached hydrogen (secondary N) is 1. The summed E-state index contributed by atoms with van der Waals surface area (Å²) in [5, 5.41) is 11.6. The number of H-pyrrole nitrogens is 1. The van der Waals surface area contributed by atoms with Gasteiger partial charge in [0.1, 0.15) is 28.6 Å². The van der Waals surface area contributed by atoms with Gasteiger partial charge in [-0.3, -0.25) is 9.59 Å². The zero-order valence-corrected chi connectivity index (χ0v) is 23.4. The first-order chi connectivity index (χ1) is 19.4. The predicted octanol–water partition coefficient (Wildman–Crippen LogP) is 6.04. The van der Waals surface area contributed by atoms with Crippen LogP contribution >= 0.6 is 0 Å². The van der Waals surface area contributed by atoms with Crippen molar-refractivity contribution in [2.75, 3.05) is 27.3 Å². The van der Waals surface area contributed by atoms with E-state index in [1.807, 2.05) is 13.0 Å². The van der Waals surface area contributed by atoms with E-state index in [9.17, 15) is 19.1 Å². The Hall–Kier alpha value is -4.07. The number of aromatic nitrogens is 1. The SMILES string of the molecule is CCCCc1[nH]c(=O)c(C(=O)N2CCC=C(CCc3ccccc3F)CC2)c(O)c1-c1c(OC)cccc1OC. The van der Waals surface area contributed by atoms with E-state index >= 15 is 0 Å². The molecule has 0 bridgehead atoms. The van der Waals surface area contributed by atoms with Crippen LogP contribution in [0, 0.1) is 5.82 Å². The average Bonchev–Trinajstić information content (AvgIpc) is 3.21. The van der Waals surface area contributed by atoms with Crippen LogP contribution in [-0.2, 0) is 12.8 Å². The van der Waals surface area contributed by atoms with E-state index in [2.05, 4.69) is 11.1 Å². The van der Waals surface area contributed by atoms with Gasteiger partial charge < -0.3 is 24.5 Å². The monoisotopic (exact) mass is 548 g/mol. The Morgan fingerprint density at radius 3 is 2.40 bits per heavy atom. The smallest absolute Gasteiger partial charge is 0.264 e. The van der Waals surface area contributed by atoms with Crippen molar-refractivity contribution >= 4 is 5.91 Å². The van der Waals surface area contributed by atoms with Crippen LogP contribution in [0.2, 0.25) is 0 Å². The highest BCUT2D eigenvalue weighted by Crippen LogP contribution is 2.45. The summed E-state index contributed by atoms with van der Waals surface area (Å²) in [6.45, 7) is 2.84. The van der Waals surface area contributed by atoms with E-state index < -0.39 is 11.5 Å². The van der Waals surface area contributed by atoms with Crippen LogP contribution < -0.4 is 15.0 Å². The standard InChI is InChI=1S/C32H37FN2O5/c1-4-5-13-24-27(28-25(39-2)14-8-15-26(28)40-3)30(36)29(31(37)34-24)32(38)35-19-9-10-21(18-20-35)16-17-22-11-6-7-12-23(22)33/h6-8,10-12,14-15H,4-5,9,13,16-20H2,1-3H3,(H2,34,36,37). The minimum Gasteiger partial charge on any atom is -0.506 e. The van der Waals surface area contributed by atoms with Crippen LogP contribution in [0.5, 0.6) is 17.2 Å². The molecule has 1 aliphatic heterocycles. The quantitative estimate of drug-likeness (QED) is 0.301. The number of carbonyl (C=O) groups is 1. The van der Waals surface area contributed by atoms with E-state index in [1.54, 1.807) is 35.2 Å². The third-order valence-corrected chi connectivity index (χ3v) is 7.43. The summed E-state index contributed by atoms with van der Waals surface area (Å²) in [5.74, 6) is -0.208. The number of benzene rings is 2. The summed E-state index contributed by atoms with van der Waals surface area (Å²) >= 11 is 0. The summed E-state index contributed by atoms with van der Waals surface area (Å²) < 4.78 is 25.2. The van der Waals surface area contributed by atoms with Crippen LogP contribution in [0.1, 0.15) is 60.6 Å². The van der Waals surface area contributed by atoms with Crippen molar-refractivity contribution in [3.8, 4) is 28.4 Å². The Balaban J connectivity index is 1.64. The Bertz CT molecular complexity index is 1420. The van der Waals surface area contributed by atoms with Crippen molar-refractivity contribution < 1.29 is 23.8 Å². The molecule has 7 nitrogen and oxygen atoms in total. The maximum absolute atomic E-state index is 14.1. The molecule has 0 atom stereocenters. The second-order valence-electron chi connectivity index (χ2n) is 9.96. The van der Waals surface area contributed by atoms with E-state index in [0.29, 0.717) is 79.1 Å². The number of amides is 1. The average molecular weight is 549 g/mol. The number of aromatic amines is 1. The highest BCUT2D eigenvalue weighted by Gasteiger charge is 2.30. The first-order valence-corrected chi connectivity index (χ1v) is 13.8. The molecule has 1 amide bonds. The summed E-state index contributed by atoms with van der Waals surface area (Å²) in [6, 6.07) is 12.0. The van der Waals surface area contributed by atoms with Gasteiger partial charge in [-0.25, -0.2) is 4.39 Å². The molecule has 3 aromatic rings. The van der Waals surface area contributed by atoms with Crippen molar-refractivity contribution in [1.82, 2.24) is 9.88 Å². The number of aromatic hydroxyl groups is 1. The molecule has 0 saturated carbocycles. The van der Waals surface area contributed by atoms with Gasteiger partial charge in [0.15, 0.2) is 0 Å². The van der Waals surface area contributed by atoms with Gasteiger partial charge in [0, 0.05) is 18.8 Å². The first kappa shape index (κ1) is 28.9. The maximum Gasteiger partial charge on any atom is 0.264 e. The molecule has 1 aromatic heterocycles. The number of ether oxygens (including phenoxy) is 2. The fourth-order valence-corrected chi connectivity index (χ4v) is 5.25. The van der Waals surface area contributed by atoms with Gasteiger partial charge in [-0.05, 0) is 62.3 Å². The molecule has 0 aliphatic carbocycles. The van der Waals surface area contributed by atoms with Crippen molar-refractivity contribution in [3.63, 3.8) is 0 Å². The van der Waals surface area contributed by atoms with Gasteiger partial charge in [-0.1, -0.05) is 49.3 Å². The third-order valence-electron chi connectivity index (χ3n) is 7.43. The number of hydrogen-bond donors (Lipinski definition) is 2. The lowest BCUT2D eigenvalue weighted by Gasteiger charge is -2.23. The van der Waals surface area contributed by atoms with Gasteiger partial charge in [-0.15, -0.1) is 0 Å². The maximum atomic E-state index is 14.1. The minimum absolute atomic E-state index is 0.215. The molecule has 212 valence electrons. The van der Waals surface area contributed by atoms with Gasteiger partial charge in [0.2, 0.25) is 0 Å². The molecule has 40 heavy (non-hydrogen) atoms. The van der Waals surface area contributed by atoms with E-state index in [0.717, 1.165) is 18.4 Å². The van der Waals surface area contributed by atoms with Crippen molar-refractivity contribution in [2.24, 2.45) is 0 Å². The van der Waals surface area contributed by atoms with Crippen LogP contribution in [0.15, 0.2) is 58.9 Å². The molecule has 2 aromatic carbocycles. The Labute approximate surface area is 234 Å². The summed E-state index contributed by atoms with van der Waals surface area (Å²) in [7, 11) is 3.04. The van der Waals surface area contributed by atoms with E-state index in [1.165, 1.54) is 20.3 Å². The highest BCUT2D eigenvalue weighted by molar-refractivity contribution is 6.00. The number of aryl methyl sites for hydroxylation is 2. The molecule has 8 heteroatoms. The number of methoxy groups -OCH3 is 2. The molecule has 0 spiro atoms. The number of pyridine rings is 1. The molecular formula is C32H37FN2O5. The molecule has 0 fully saturated rings. The molecule has 1 aliphatic rings. The van der Waals surface area contributed by atoms with Gasteiger partial charge in [0.05, 0.1) is 25.3 Å². The van der Waals surface area contributed by atoms with Crippen molar-refractivity contribution in [1.29, 1.82) is 0 Å². The summed E-state index contributed by atoms with van der Waals surface area (Å²) in [4.78, 5) is 31.5. The van der Waals surface area contributed by atoms with E-state index in [4.69, 9.17) is 9.47 Å². The number of carbonyl (C=O) groups excluding carboxylic acids is 1. The van der Waals surface area contributed by atoms with E-state index in [-0.39, 0.29) is 17.1 Å². The third kappa shape index (κ3) is 6.22. The minimum atomic E-state index is -0.622. The fraction of sp³-hybridized carbons (Fsp3) is 0.375. The molecule has 0 saturated heterocycles. The Kier molecular flexibility index (Phi) is 9.64. The second kappa shape index (κ2) is 13.3. The fourth-order valence-electron chi connectivity index (χ4n) is 5.25. The zero-order chi connectivity index (χ0) is 28.6. The Morgan fingerprint density at radius 1 is 1.00 bits per heavy atom. The summed E-state index contributed by atoms with van der Waals surface area (Å²) in [5.41, 5.74) is 2.24. The Morgan fingerprint density at radius 2 is 1.73 bits per heavy atom. The molecule has 0 unspecified atom stereocenters. The predicted molar refractivity (Wildman–Crippen MR) is 154 cm³/mol. The van der Waals surface area contributed by atoms with Gasteiger partial charge >= 0.3 is 0 Å². The van der Waals surface area contributed by atoms with Crippen LogP contribution in [-0.4, -0.2) is 48.2 Å². The topological polar surface area (TPSA) is 91.9 Å². The molecule has 2 heterocycles. The van der Waals surface area contributed by atoms with Gasteiger partial charge in [-0.2, -0.15) is 0 Å². The normalized spacial score (nSPS) is 13.5. The zero-order valence-electron chi connectivity index (χ0n) is 23.4. The van der Waals surface area contributed by atoms with Crippen LogP contribution in [0.3, 0.4) is 0 Å².